The van der Waals surface area contributed by atoms with Gasteiger partial charge in [-0.05, 0) is 18.8 Å². The molecule has 0 aliphatic rings. The average Bonchev–Trinajstić information content (AvgIpc) is 2.73. The Labute approximate surface area is 119 Å². The predicted octanol–water partition coefficient (Wildman–Crippen LogP) is 2.79. The van der Waals surface area contributed by atoms with Crippen LogP contribution < -0.4 is 5.32 Å². The number of aliphatic hydroxyl groups excluding tert-OH is 1. The highest BCUT2D eigenvalue weighted by Gasteiger charge is 2.22. The third-order valence-corrected chi connectivity index (χ3v) is 4.11. The van der Waals surface area contributed by atoms with Crippen LogP contribution in [0.1, 0.15) is 61.6 Å². The number of rotatable bonds is 6. The molecule has 19 heavy (non-hydrogen) atoms. The molecule has 1 amide bonds. The molecule has 4 nitrogen and oxygen atoms in total. The second kappa shape index (κ2) is 6.48. The van der Waals surface area contributed by atoms with Crippen LogP contribution in [0, 0.1) is 5.41 Å². The molecule has 1 rings (SSSR count). The highest BCUT2D eigenvalue weighted by molar-refractivity contribution is 7.13. The predicted molar refractivity (Wildman–Crippen MR) is 78.6 cm³/mol. The maximum Gasteiger partial charge on any atom is 0.263 e. The second-order valence-electron chi connectivity index (χ2n) is 6.12. The highest BCUT2D eigenvalue weighted by atomic mass is 32.1. The first-order valence-corrected chi connectivity index (χ1v) is 7.45. The standard InChI is InChI=1S/C14H24N2O2S/c1-9(2)13-15-7-11(19-13)12(18)16-8-14(4,5)6-10(3)17/h7,9-10,17H,6,8H2,1-5H3,(H,16,18). The summed E-state index contributed by atoms with van der Waals surface area (Å²) in [5.74, 6) is 0.265. The Balaban J connectivity index is 2.55. The summed E-state index contributed by atoms with van der Waals surface area (Å²) >= 11 is 1.44. The number of hydrogen-bond donors (Lipinski definition) is 2. The minimum absolute atomic E-state index is 0.0805. The van der Waals surface area contributed by atoms with Gasteiger partial charge in [-0.15, -0.1) is 11.3 Å². The number of thiazole rings is 1. The third kappa shape index (κ3) is 5.28. The minimum atomic E-state index is -0.358. The molecule has 1 atom stereocenters. The van der Waals surface area contributed by atoms with Gasteiger partial charge in [0.2, 0.25) is 0 Å². The molecule has 2 N–H and O–H groups in total. The number of aromatic nitrogens is 1. The monoisotopic (exact) mass is 284 g/mol. The van der Waals surface area contributed by atoms with Gasteiger partial charge in [0.15, 0.2) is 0 Å². The lowest BCUT2D eigenvalue weighted by molar-refractivity contribution is 0.0905. The lowest BCUT2D eigenvalue weighted by atomic mass is 9.87. The molecule has 0 fully saturated rings. The zero-order valence-corrected chi connectivity index (χ0v) is 13.2. The number of hydrogen-bond acceptors (Lipinski definition) is 4. The zero-order valence-electron chi connectivity index (χ0n) is 12.4. The number of carbonyl (C=O) groups is 1. The Kier molecular flexibility index (Phi) is 5.50. The van der Waals surface area contributed by atoms with Crippen molar-refractivity contribution in [2.24, 2.45) is 5.41 Å². The summed E-state index contributed by atoms with van der Waals surface area (Å²) in [5, 5.41) is 13.3. The number of nitrogens with one attached hydrogen (secondary N) is 1. The van der Waals surface area contributed by atoms with Gasteiger partial charge >= 0.3 is 0 Å². The first-order chi connectivity index (χ1) is 8.71. The fourth-order valence-electron chi connectivity index (χ4n) is 1.94. The largest absolute Gasteiger partial charge is 0.393 e. The summed E-state index contributed by atoms with van der Waals surface area (Å²) in [6.07, 6.45) is 1.94. The van der Waals surface area contributed by atoms with Crippen LogP contribution in [0.5, 0.6) is 0 Å². The van der Waals surface area contributed by atoms with E-state index in [0.29, 0.717) is 23.8 Å². The van der Waals surface area contributed by atoms with Crippen molar-refractivity contribution in [2.45, 2.75) is 53.1 Å². The molecule has 0 aliphatic carbocycles. The summed E-state index contributed by atoms with van der Waals surface area (Å²) in [6.45, 7) is 10.5. The third-order valence-electron chi connectivity index (χ3n) is 2.82. The van der Waals surface area contributed by atoms with Crippen molar-refractivity contribution in [3.8, 4) is 0 Å². The van der Waals surface area contributed by atoms with Gasteiger partial charge in [0.25, 0.3) is 5.91 Å². The lowest BCUT2D eigenvalue weighted by Gasteiger charge is -2.26. The maximum atomic E-state index is 12.0. The average molecular weight is 284 g/mol. The van der Waals surface area contributed by atoms with Crippen molar-refractivity contribution in [3.63, 3.8) is 0 Å². The first-order valence-electron chi connectivity index (χ1n) is 6.63. The molecule has 0 saturated carbocycles. The summed E-state index contributed by atoms with van der Waals surface area (Å²) in [4.78, 5) is 16.9. The second-order valence-corrected chi connectivity index (χ2v) is 7.18. The van der Waals surface area contributed by atoms with E-state index in [1.165, 1.54) is 11.3 Å². The molecule has 1 aromatic heterocycles. The van der Waals surface area contributed by atoms with Gasteiger partial charge in [-0.2, -0.15) is 0 Å². The van der Waals surface area contributed by atoms with Gasteiger partial charge in [0.05, 0.1) is 17.3 Å². The first kappa shape index (κ1) is 16.1. The summed E-state index contributed by atoms with van der Waals surface area (Å²) < 4.78 is 0. The van der Waals surface area contributed by atoms with Crippen molar-refractivity contribution in [1.82, 2.24) is 10.3 Å². The zero-order chi connectivity index (χ0) is 14.6. The van der Waals surface area contributed by atoms with E-state index in [9.17, 15) is 9.90 Å². The molecule has 108 valence electrons. The molecule has 0 spiro atoms. The van der Waals surface area contributed by atoms with E-state index in [0.717, 1.165) is 5.01 Å². The van der Waals surface area contributed by atoms with Crippen LogP contribution in [0.25, 0.3) is 0 Å². The van der Waals surface area contributed by atoms with E-state index < -0.39 is 0 Å². The lowest BCUT2D eigenvalue weighted by Crippen LogP contribution is -2.35. The molecule has 5 heteroatoms. The van der Waals surface area contributed by atoms with Crippen LogP contribution in [-0.4, -0.2) is 28.6 Å². The van der Waals surface area contributed by atoms with Crippen LogP contribution in [0.2, 0.25) is 0 Å². The minimum Gasteiger partial charge on any atom is -0.393 e. The molecule has 0 aliphatic heterocycles. The molecular formula is C14H24N2O2S. The van der Waals surface area contributed by atoms with Crippen LogP contribution >= 0.6 is 11.3 Å². The van der Waals surface area contributed by atoms with Crippen molar-refractivity contribution in [2.75, 3.05) is 6.54 Å². The Bertz CT molecular complexity index is 425. The van der Waals surface area contributed by atoms with E-state index in [-0.39, 0.29) is 17.4 Å². The molecular weight excluding hydrogens is 260 g/mol. The number of carbonyl (C=O) groups excluding carboxylic acids is 1. The van der Waals surface area contributed by atoms with E-state index >= 15 is 0 Å². The molecule has 1 unspecified atom stereocenters. The normalized spacial score (nSPS) is 13.6. The summed E-state index contributed by atoms with van der Waals surface area (Å²) in [5.41, 5.74) is -0.116. The van der Waals surface area contributed by atoms with Gasteiger partial charge in [-0.1, -0.05) is 27.7 Å². The fraction of sp³-hybridized carbons (Fsp3) is 0.714. The Morgan fingerprint density at radius 3 is 2.58 bits per heavy atom. The van der Waals surface area contributed by atoms with Crippen molar-refractivity contribution < 1.29 is 9.90 Å². The van der Waals surface area contributed by atoms with Gasteiger partial charge in [-0.25, -0.2) is 4.98 Å². The van der Waals surface area contributed by atoms with Gasteiger partial charge in [-0.3, -0.25) is 4.79 Å². The highest BCUT2D eigenvalue weighted by Crippen LogP contribution is 2.23. The molecule has 1 heterocycles. The van der Waals surface area contributed by atoms with Crippen molar-refractivity contribution >= 4 is 17.2 Å². The molecule has 0 aromatic carbocycles. The Morgan fingerprint density at radius 2 is 2.11 bits per heavy atom. The van der Waals surface area contributed by atoms with Crippen LogP contribution in [0.15, 0.2) is 6.20 Å². The number of nitrogens with zero attached hydrogens (tertiary/aromatic N) is 1. The van der Waals surface area contributed by atoms with Crippen LogP contribution in [0.4, 0.5) is 0 Å². The fourth-order valence-corrected chi connectivity index (χ4v) is 2.77. The van der Waals surface area contributed by atoms with Gasteiger partial charge in [0, 0.05) is 12.5 Å². The Hall–Kier alpha value is -0.940. The van der Waals surface area contributed by atoms with Crippen LogP contribution in [0.3, 0.4) is 0 Å². The Morgan fingerprint density at radius 1 is 1.47 bits per heavy atom. The van der Waals surface area contributed by atoms with E-state index in [1.54, 1.807) is 13.1 Å². The van der Waals surface area contributed by atoms with Crippen LogP contribution in [-0.2, 0) is 0 Å². The van der Waals surface area contributed by atoms with E-state index in [1.807, 2.05) is 13.8 Å². The molecule has 1 aromatic rings. The summed E-state index contributed by atoms with van der Waals surface area (Å²) in [7, 11) is 0. The summed E-state index contributed by atoms with van der Waals surface area (Å²) in [6, 6.07) is 0. The van der Waals surface area contributed by atoms with Gasteiger partial charge < -0.3 is 10.4 Å². The van der Waals surface area contributed by atoms with Crippen molar-refractivity contribution in [1.29, 1.82) is 0 Å². The topological polar surface area (TPSA) is 62.2 Å². The van der Waals surface area contributed by atoms with E-state index in [2.05, 4.69) is 24.1 Å². The quantitative estimate of drug-likeness (QED) is 0.844. The van der Waals surface area contributed by atoms with Gasteiger partial charge in [0.1, 0.15) is 4.88 Å². The molecule has 0 radical (unpaired) electrons. The number of aliphatic hydroxyl groups is 1. The van der Waals surface area contributed by atoms with Crippen molar-refractivity contribution in [3.05, 3.63) is 16.1 Å². The maximum absolute atomic E-state index is 12.0. The number of amides is 1. The molecule has 0 saturated heterocycles. The van der Waals surface area contributed by atoms with E-state index in [4.69, 9.17) is 0 Å². The smallest absolute Gasteiger partial charge is 0.263 e. The molecule has 0 bridgehead atoms. The SMILES string of the molecule is CC(O)CC(C)(C)CNC(=O)c1cnc(C(C)C)s1.